The van der Waals surface area contributed by atoms with Crippen LogP contribution in [0.15, 0.2) is 89.5 Å². The second kappa shape index (κ2) is 16.9. The number of methoxy groups -OCH3 is 3. The molecule has 0 spiro atoms. The second-order valence-electron chi connectivity index (χ2n) is 14.4. The summed E-state index contributed by atoms with van der Waals surface area (Å²) >= 11 is 0. The largest absolute Gasteiger partial charge is 0.493 e. The van der Waals surface area contributed by atoms with E-state index in [4.69, 9.17) is 28.3 Å². The lowest BCUT2D eigenvalue weighted by atomic mass is 9.77. The van der Waals surface area contributed by atoms with Crippen molar-refractivity contribution in [3.8, 4) is 17.2 Å². The maximum atomic E-state index is 14.5. The van der Waals surface area contributed by atoms with Gasteiger partial charge < -0.3 is 37.7 Å². The van der Waals surface area contributed by atoms with Gasteiger partial charge in [-0.2, -0.15) is 0 Å². The van der Waals surface area contributed by atoms with Crippen LogP contribution in [0.25, 0.3) is 11.0 Å². The van der Waals surface area contributed by atoms with Gasteiger partial charge in [-0.1, -0.05) is 42.5 Å². The molecule has 2 aliphatic rings. The van der Waals surface area contributed by atoms with E-state index >= 15 is 0 Å². The summed E-state index contributed by atoms with van der Waals surface area (Å²) in [5, 5.41) is 0. The fourth-order valence-electron chi connectivity index (χ4n) is 8.15. The van der Waals surface area contributed by atoms with Crippen LogP contribution >= 0.6 is 0 Å². The molecule has 284 valence electrons. The summed E-state index contributed by atoms with van der Waals surface area (Å²) in [5.74, 6) is 3.10. The minimum Gasteiger partial charge on any atom is -0.493 e. The molecular formula is C43H50N4O7. The minimum absolute atomic E-state index is 0.0887. The van der Waals surface area contributed by atoms with Crippen LogP contribution in [-0.4, -0.2) is 85.2 Å². The molecule has 0 radical (unpaired) electrons. The van der Waals surface area contributed by atoms with E-state index in [1.807, 2.05) is 76.2 Å². The fourth-order valence-corrected chi connectivity index (χ4v) is 8.15. The summed E-state index contributed by atoms with van der Waals surface area (Å²) in [5.41, 5.74) is 3.32. The molecule has 4 heterocycles. The molecule has 2 fully saturated rings. The molecule has 54 heavy (non-hydrogen) atoms. The Morgan fingerprint density at radius 1 is 0.870 bits per heavy atom. The molecule has 1 unspecified atom stereocenters. The molecule has 0 N–H and O–H groups in total. The Kier molecular flexibility index (Phi) is 11.6. The van der Waals surface area contributed by atoms with Crippen molar-refractivity contribution in [2.45, 2.75) is 51.8 Å². The highest BCUT2D eigenvalue weighted by Crippen LogP contribution is 2.42. The Bertz CT molecular complexity index is 2000. The number of hydrogen-bond donors (Lipinski definition) is 0. The number of hydrogen-bond acceptors (Lipinski definition) is 9. The molecule has 0 aliphatic carbocycles. The maximum absolute atomic E-state index is 14.5. The maximum Gasteiger partial charge on any atom is 0.229 e. The van der Waals surface area contributed by atoms with Gasteiger partial charge in [0.15, 0.2) is 17.3 Å². The van der Waals surface area contributed by atoms with Gasteiger partial charge in [0, 0.05) is 25.6 Å². The number of piperidine rings is 1. The number of Topliss-reactive ketones (excluding diaryl/α,β-unsaturated/α-hetero) is 1. The Morgan fingerprint density at radius 3 is 2.31 bits per heavy atom. The number of likely N-dealkylation sites (tertiary alicyclic amines) is 2. The zero-order valence-electron chi connectivity index (χ0n) is 31.5. The van der Waals surface area contributed by atoms with Crippen molar-refractivity contribution in [1.29, 1.82) is 0 Å². The molecule has 7 rings (SSSR count). The third-order valence-electron chi connectivity index (χ3n) is 11.1. The zero-order valence-corrected chi connectivity index (χ0v) is 31.5. The van der Waals surface area contributed by atoms with Crippen molar-refractivity contribution in [3.05, 3.63) is 108 Å². The number of imidazole rings is 1. The van der Waals surface area contributed by atoms with E-state index in [9.17, 15) is 9.59 Å². The SMILES string of the molecule is COc1cc(CN2CCC(CCN3CCC(C(=O)c4nc5ccccc5n4CCOCc4ccco4)CC3)(Cc3ccccc3)C2=O)cc(OC)c1OC. The lowest BCUT2D eigenvalue weighted by Crippen LogP contribution is -2.42. The van der Waals surface area contributed by atoms with Crippen LogP contribution in [0.3, 0.4) is 0 Å². The van der Waals surface area contributed by atoms with Crippen molar-refractivity contribution >= 4 is 22.7 Å². The minimum atomic E-state index is -0.515. The number of rotatable bonds is 17. The number of benzene rings is 3. The van der Waals surface area contributed by atoms with E-state index < -0.39 is 5.41 Å². The third-order valence-corrected chi connectivity index (χ3v) is 11.1. The predicted molar refractivity (Wildman–Crippen MR) is 205 cm³/mol. The van der Waals surface area contributed by atoms with Gasteiger partial charge in [-0.15, -0.1) is 0 Å². The third kappa shape index (κ3) is 8.02. The highest BCUT2D eigenvalue weighted by molar-refractivity contribution is 5.98. The van der Waals surface area contributed by atoms with Gasteiger partial charge >= 0.3 is 0 Å². The quantitative estimate of drug-likeness (QED) is 0.0752. The number of amides is 1. The van der Waals surface area contributed by atoms with E-state index in [2.05, 4.69) is 17.0 Å². The summed E-state index contributed by atoms with van der Waals surface area (Å²) in [6.07, 6.45) is 5.36. The number of fused-ring (bicyclic) bond motifs is 1. The van der Waals surface area contributed by atoms with Crippen LogP contribution in [0.4, 0.5) is 0 Å². The van der Waals surface area contributed by atoms with Gasteiger partial charge in [-0.25, -0.2) is 4.98 Å². The first-order valence-corrected chi connectivity index (χ1v) is 18.9. The predicted octanol–water partition coefficient (Wildman–Crippen LogP) is 6.82. The lowest BCUT2D eigenvalue weighted by Gasteiger charge is -2.35. The van der Waals surface area contributed by atoms with Gasteiger partial charge in [-0.3, -0.25) is 9.59 Å². The highest BCUT2D eigenvalue weighted by atomic mass is 16.5. The fraction of sp³-hybridized carbons (Fsp3) is 0.419. The van der Waals surface area contributed by atoms with Crippen molar-refractivity contribution in [3.63, 3.8) is 0 Å². The van der Waals surface area contributed by atoms with Crippen molar-refractivity contribution < 1.29 is 33.0 Å². The first-order valence-electron chi connectivity index (χ1n) is 18.9. The number of furan rings is 1. The first-order chi connectivity index (χ1) is 26.4. The summed E-state index contributed by atoms with van der Waals surface area (Å²) in [6, 6.07) is 25.8. The van der Waals surface area contributed by atoms with E-state index in [-0.39, 0.29) is 17.6 Å². The van der Waals surface area contributed by atoms with E-state index in [1.165, 1.54) is 5.56 Å². The number of para-hydroxylation sites is 2. The number of nitrogens with zero attached hydrogens (tertiary/aromatic N) is 4. The molecule has 2 aromatic heterocycles. The van der Waals surface area contributed by atoms with Gasteiger partial charge in [0.05, 0.1) is 50.6 Å². The average Bonchev–Trinajstić information content (AvgIpc) is 3.94. The Balaban J connectivity index is 1.00. The van der Waals surface area contributed by atoms with Gasteiger partial charge in [0.25, 0.3) is 0 Å². The number of carbonyl (C=O) groups is 2. The van der Waals surface area contributed by atoms with Crippen molar-refractivity contribution in [2.24, 2.45) is 11.3 Å². The number of ether oxygens (including phenoxy) is 4. The molecule has 1 atom stereocenters. The van der Waals surface area contributed by atoms with Crippen LogP contribution in [0.2, 0.25) is 0 Å². The summed E-state index contributed by atoms with van der Waals surface area (Å²) in [4.78, 5) is 37.7. The van der Waals surface area contributed by atoms with Crippen LogP contribution in [0.5, 0.6) is 17.2 Å². The van der Waals surface area contributed by atoms with Crippen LogP contribution in [0.1, 0.15) is 53.2 Å². The molecule has 0 saturated carbocycles. The van der Waals surface area contributed by atoms with Crippen molar-refractivity contribution in [1.82, 2.24) is 19.4 Å². The molecule has 3 aromatic carbocycles. The van der Waals surface area contributed by atoms with Gasteiger partial charge in [0.2, 0.25) is 17.4 Å². The monoisotopic (exact) mass is 734 g/mol. The Labute approximate surface area is 316 Å². The Hall–Kier alpha value is -5.13. The number of carbonyl (C=O) groups excluding carboxylic acids is 2. The molecule has 1 amide bonds. The first kappa shape index (κ1) is 37.2. The molecule has 11 nitrogen and oxygen atoms in total. The smallest absolute Gasteiger partial charge is 0.229 e. The summed E-state index contributed by atoms with van der Waals surface area (Å²) in [7, 11) is 4.79. The molecule has 5 aromatic rings. The number of ketones is 1. The Morgan fingerprint density at radius 2 is 1.61 bits per heavy atom. The van der Waals surface area contributed by atoms with Crippen LogP contribution < -0.4 is 14.2 Å². The molecular weight excluding hydrogens is 684 g/mol. The normalized spacial score (nSPS) is 18.1. The van der Waals surface area contributed by atoms with Gasteiger partial charge in [-0.05, 0) is 99.3 Å². The topological polar surface area (TPSA) is 108 Å². The van der Waals surface area contributed by atoms with E-state index in [1.54, 1.807) is 27.6 Å². The van der Waals surface area contributed by atoms with E-state index in [0.717, 1.165) is 67.7 Å². The molecule has 11 heteroatoms. The van der Waals surface area contributed by atoms with Crippen LogP contribution in [0, 0.1) is 11.3 Å². The lowest BCUT2D eigenvalue weighted by molar-refractivity contribution is -0.137. The summed E-state index contributed by atoms with van der Waals surface area (Å²) < 4.78 is 30.0. The summed E-state index contributed by atoms with van der Waals surface area (Å²) in [6.45, 7) is 4.86. The molecule has 0 bridgehead atoms. The molecule has 2 saturated heterocycles. The average molecular weight is 735 g/mol. The van der Waals surface area contributed by atoms with Crippen LogP contribution in [-0.2, 0) is 35.6 Å². The van der Waals surface area contributed by atoms with Gasteiger partial charge in [0.1, 0.15) is 12.4 Å². The standard InChI is InChI=1S/C43H50N4O7/c1-50-37-26-32(27-38(51-2)40(37)52-3)29-46-22-18-43(42(46)49,28-31-10-5-4-6-11-31)17-21-45-19-15-33(16-20-45)39(48)41-44-35-13-7-8-14-36(35)47(41)23-25-53-30-34-12-9-24-54-34/h4-14,24,26-27,33H,15-23,25,28-30H2,1-3H3. The highest BCUT2D eigenvalue weighted by Gasteiger charge is 2.46. The zero-order chi connectivity index (χ0) is 37.5. The second-order valence-corrected chi connectivity index (χ2v) is 14.4. The van der Waals surface area contributed by atoms with E-state index in [0.29, 0.717) is 62.3 Å². The number of aromatic nitrogens is 2. The molecule has 2 aliphatic heterocycles. The van der Waals surface area contributed by atoms with Crippen molar-refractivity contribution in [2.75, 3.05) is 54.1 Å².